The van der Waals surface area contributed by atoms with Crippen LogP contribution in [0.1, 0.15) is 45.2 Å². The van der Waals surface area contributed by atoms with Gasteiger partial charge in [-0.25, -0.2) is 4.98 Å². The van der Waals surface area contributed by atoms with E-state index in [0.29, 0.717) is 6.04 Å². The van der Waals surface area contributed by atoms with Gasteiger partial charge in [0.2, 0.25) is 5.95 Å². The van der Waals surface area contributed by atoms with Crippen molar-refractivity contribution in [2.45, 2.75) is 52.5 Å². The molecule has 0 aliphatic carbocycles. The first-order chi connectivity index (χ1) is 11.2. The fraction of sp³-hybridized carbons (Fsp3) is 0.778. The Hall–Kier alpha value is -1.36. The SMILES string of the molecule is CCC1CCCCN1c1nc(C)cc(N2CCN(CC)CC2)n1. The van der Waals surface area contributed by atoms with Crippen LogP contribution in [0.25, 0.3) is 0 Å². The van der Waals surface area contributed by atoms with Crippen molar-refractivity contribution in [2.24, 2.45) is 0 Å². The predicted octanol–water partition coefficient (Wildman–Crippen LogP) is 2.70. The van der Waals surface area contributed by atoms with Gasteiger partial charge in [-0.15, -0.1) is 0 Å². The van der Waals surface area contributed by atoms with Gasteiger partial charge in [-0.3, -0.25) is 0 Å². The molecule has 2 fully saturated rings. The lowest BCUT2D eigenvalue weighted by Gasteiger charge is -2.37. The summed E-state index contributed by atoms with van der Waals surface area (Å²) in [6.07, 6.45) is 5.06. The van der Waals surface area contributed by atoms with Crippen LogP contribution in [0.15, 0.2) is 6.07 Å². The van der Waals surface area contributed by atoms with Crippen molar-refractivity contribution in [1.29, 1.82) is 0 Å². The van der Waals surface area contributed by atoms with E-state index in [1.165, 1.54) is 25.7 Å². The second kappa shape index (κ2) is 7.47. The topological polar surface area (TPSA) is 35.5 Å². The zero-order valence-corrected chi connectivity index (χ0v) is 15.0. The minimum Gasteiger partial charge on any atom is -0.354 e. The molecule has 0 N–H and O–H groups in total. The number of piperidine rings is 1. The number of likely N-dealkylation sites (N-methyl/N-ethyl adjacent to an activating group) is 1. The first kappa shape index (κ1) is 16.5. The number of rotatable bonds is 4. The van der Waals surface area contributed by atoms with Crippen LogP contribution in [0.3, 0.4) is 0 Å². The maximum Gasteiger partial charge on any atom is 0.227 e. The highest BCUT2D eigenvalue weighted by Crippen LogP contribution is 2.26. The second-order valence-electron chi connectivity index (χ2n) is 6.84. The van der Waals surface area contributed by atoms with E-state index < -0.39 is 0 Å². The van der Waals surface area contributed by atoms with E-state index in [2.05, 4.69) is 41.5 Å². The summed E-state index contributed by atoms with van der Waals surface area (Å²) >= 11 is 0. The number of anilines is 2. The van der Waals surface area contributed by atoms with Crippen LogP contribution < -0.4 is 9.80 Å². The van der Waals surface area contributed by atoms with Crippen molar-refractivity contribution in [2.75, 3.05) is 49.1 Å². The van der Waals surface area contributed by atoms with Crippen LogP contribution in [0.2, 0.25) is 0 Å². The highest BCUT2D eigenvalue weighted by atomic mass is 15.3. The Kier molecular flexibility index (Phi) is 5.36. The minimum absolute atomic E-state index is 0.607. The van der Waals surface area contributed by atoms with E-state index in [1.54, 1.807) is 0 Å². The molecule has 5 nitrogen and oxygen atoms in total. The van der Waals surface area contributed by atoms with Gasteiger partial charge in [0.15, 0.2) is 0 Å². The summed E-state index contributed by atoms with van der Waals surface area (Å²) in [4.78, 5) is 17.1. The van der Waals surface area contributed by atoms with Gasteiger partial charge >= 0.3 is 0 Å². The molecule has 1 atom stereocenters. The highest BCUT2D eigenvalue weighted by Gasteiger charge is 2.25. The van der Waals surface area contributed by atoms with Gasteiger partial charge in [0, 0.05) is 50.5 Å². The number of nitrogens with zero attached hydrogens (tertiary/aromatic N) is 5. The normalized spacial score (nSPS) is 23.3. The summed E-state index contributed by atoms with van der Waals surface area (Å²) in [6, 6.07) is 2.76. The van der Waals surface area contributed by atoms with Gasteiger partial charge in [-0.05, 0) is 39.2 Å². The average molecular weight is 317 g/mol. The smallest absolute Gasteiger partial charge is 0.227 e. The van der Waals surface area contributed by atoms with Crippen molar-refractivity contribution >= 4 is 11.8 Å². The second-order valence-corrected chi connectivity index (χ2v) is 6.84. The Labute approximate surface area is 140 Å². The summed E-state index contributed by atoms with van der Waals surface area (Å²) in [5.74, 6) is 2.06. The number of aryl methyl sites for hydroxylation is 1. The molecule has 0 saturated carbocycles. The third kappa shape index (κ3) is 3.77. The zero-order chi connectivity index (χ0) is 16.2. The van der Waals surface area contributed by atoms with Gasteiger partial charge in [-0.1, -0.05) is 13.8 Å². The Balaban J connectivity index is 1.79. The summed E-state index contributed by atoms with van der Waals surface area (Å²) < 4.78 is 0. The monoisotopic (exact) mass is 317 g/mol. The molecule has 0 spiro atoms. The molecule has 23 heavy (non-hydrogen) atoms. The van der Waals surface area contributed by atoms with Crippen LogP contribution in [-0.2, 0) is 0 Å². The minimum atomic E-state index is 0.607. The number of hydrogen-bond donors (Lipinski definition) is 0. The van der Waals surface area contributed by atoms with Crippen LogP contribution in [0, 0.1) is 6.92 Å². The lowest BCUT2D eigenvalue weighted by atomic mass is 10.0. The van der Waals surface area contributed by atoms with Crippen molar-refractivity contribution < 1.29 is 0 Å². The Morgan fingerprint density at radius 3 is 2.52 bits per heavy atom. The third-order valence-electron chi connectivity index (χ3n) is 5.33. The maximum atomic E-state index is 4.95. The molecular weight excluding hydrogens is 286 g/mol. The Morgan fingerprint density at radius 1 is 1.04 bits per heavy atom. The molecule has 1 unspecified atom stereocenters. The Bertz CT molecular complexity index is 510. The van der Waals surface area contributed by atoms with Gasteiger partial charge < -0.3 is 14.7 Å². The lowest BCUT2D eigenvalue weighted by Crippen LogP contribution is -2.46. The van der Waals surface area contributed by atoms with Crippen LogP contribution in [-0.4, -0.2) is 60.2 Å². The maximum absolute atomic E-state index is 4.95. The average Bonchev–Trinajstić information content (AvgIpc) is 2.61. The molecule has 5 heteroatoms. The largest absolute Gasteiger partial charge is 0.354 e. The third-order valence-corrected chi connectivity index (χ3v) is 5.33. The van der Waals surface area contributed by atoms with E-state index >= 15 is 0 Å². The van der Waals surface area contributed by atoms with Crippen molar-refractivity contribution in [1.82, 2.24) is 14.9 Å². The molecule has 3 rings (SSSR count). The predicted molar refractivity (Wildman–Crippen MR) is 96.4 cm³/mol. The molecule has 2 saturated heterocycles. The van der Waals surface area contributed by atoms with Gasteiger partial charge in [0.1, 0.15) is 5.82 Å². The molecule has 0 amide bonds. The van der Waals surface area contributed by atoms with Crippen LogP contribution in [0.5, 0.6) is 0 Å². The Morgan fingerprint density at radius 2 is 1.83 bits per heavy atom. The first-order valence-corrected chi connectivity index (χ1v) is 9.31. The van der Waals surface area contributed by atoms with E-state index in [4.69, 9.17) is 9.97 Å². The molecule has 1 aromatic rings. The molecule has 128 valence electrons. The molecule has 3 heterocycles. The molecule has 0 aromatic carbocycles. The van der Waals surface area contributed by atoms with Gasteiger partial charge in [0.25, 0.3) is 0 Å². The van der Waals surface area contributed by atoms with Crippen LogP contribution in [0.4, 0.5) is 11.8 Å². The molecule has 2 aliphatic rings. The standard InChI is InChI=1S/C18H31N5/c1-4-16-8-6-7-9-23(16)18-19-15(3)14-17(20-18)22-12-10-21(5-2)11-13-22/h14,16H,4-13H2,1-3H3. The van der Waals surface area contributed by atoms with Crippen molar-refractivity contribution in [3.05, 3.63) is 11.8 Å². The lowest BCUT2D eigenvalue weighted by molar-refractivity contribution is 0.270. The van der Waals surface area contributed by atoms with Gasteiger partial charge in [0.05, 0.1) is 0 Å². The van der Waals surface area contributed by atoms with Gasteiger partial charge in [-0.2, -0.15) is 4.98 Å². The number of piperazine rings is 1. The van der Waals surface area contributed by atoms with Crippen molar-refractivity contribution in [3.63, 3.8) is 0 Å². The molecule has 0 bridgehead atoms. The fourth-order valence-corrected chi connectivity index (χ4v) is 3.81. The quantitative estimate of drug-likeness (QED) is 0.853. The number of hydrogen-bond acceptors (Lipinski definition) is 5. The summed E-state index contributed by atoms with van der Waals surface area (Å²) in [5, 5.41) is 0. The highest BCUT2D eigenvalue weighted by molar-refractivity contribution is 5.47. The fourth-order valence-electron chi connectivity index (χ4n) is 3.81. The summed E-state index contributed by atoms with van der Waals surface area (Å²) in [7, 11) is 0. The first-order valence-electron chi connectivity index (χ1n) is 9.31. The summed E-state index contributed by atoms with van der Waals surface area (Å²) in [5.41, 5.74) is 1.09. The van der Waals surface area contributed by atoms with E-state index in [-0.39, 0.29) is 0 Å². The van der Waals surface area contributed by atoms with E-state index in [9.17, 15) is 0 Å². The zero-order valence-electron chi connectivity index (χ0n) is 15.0. The molecule has 1 aromatic heterocycles. The van der Waals surface area contributed by atoms with Crippen LogP contribution >= 0.6 is 0 Å². The summed E-state index contributed by atoms with van der Waals surface area (Å²) in [6.45, 7) is 13.3. The van der Waals surface area contributed by atoms with Crippen molar-refractivity contribution in [3.8, 4) is 0 Å². The molecular formula is C18H31N5. The van der Waals surface area contributed by atoms with E-state index in [1.807, 2.05) is 0 Å². The molecule has 2 aliphatic heterocycles. The number of aromatic nitrogens is 2. The molecule has 0 radical (unpaired) electrons. The van der Waals surface area contributed by atoms with E-state index in [0.717, 1.165) is 56.7 Å².